The van der Waals surface area contributed by atoms with E-state index in [0.29, 0.717) is 49.8 Å². The molecule has 7 rings (SSSR count). The Morgan fingerprint density at radius 1 is 0.982 bits per heavy atom. The second kappa shape index (κ2) is 17.9. The number of nitrogens with two attached hydrogens (primary N) is 1. The molecule has 5 heterocycles. The van der Waals surface area contributed by atoms with Crippen molar-refractivity contribution in [3.63, 3.8) is 0 Å². The highest BCUT2D eigenvalue weighted by Gasteiger charge is 2.44. The van der Waals surface area contributed by atoms with Crippen molar-refractivity contribution in [3.8, 4) is 5.75 Å². The molecule has 2 aliphatic rings. The Kier molecular flexibility index (Phi) is 12.8. The van der Waals surface area contributed by atoms with Crippen molar-refractivity contribution < 1.29 is 29.6 Å². The van der Waals surface area contributed by atoms with E-state index in [1.165, 1.54) is 59.1 Å². The Labute approximate surface area is 333 Å². The van der Waals surface area contributed by atoms with Crippen molar-refractivity contribution in [2.75, 3.05) is 37.4 Å². The van der Waals surface area contributed by atoms with Gasteiger partial charge >= 0.3 is 0 Å². The maximum absolute atomic E-state index is 13.3. The maximum atomic E-state index is 13.3. The molecule has 0 unspecified atom stereocenters. The van der Waals surface area contributed by atoms with Crippen LogP contribution in [0, 0.1) is 0 Å². The van der Waals surface area contributed by atoms with E-state index in [9.17, 15) is 20.1 Å². The normalized spacial score (nSPS) is 19.9. The van der Waals surface area contributed by atoms with Crippen molar-refractivity contribution in [2.45, 2.75) is 82.5 Å². The molecule has 2 aliphatic heterocycles. The van der Waals surface area contributed by atoms with Crippen LogP contribution in [-0.2, 0) is 17.7 Å². The third-order valence-corrected chi connectivity index (χ3v) is 12.0. The molecule has 2 aromatic carbocycles. The van der Waals surface area contributed by atoms with Crippen LogP contribution in [-0.4, -0.2) is 90.1 Å². The largest absolute Gasteiger partial charge is 0.494 e. The summed E-state index contributed by atoms with van der Waals surface area (Å²) >= 11 is 13.7. The Hall–Kier alpha value is -3.86. The van der Waals surface area contributed by atoms with Crippen LogP contribution in [0.5, 0.6) is 5.75 Å². The fraction of sp³-hybridized carbons (Fsp3) is 0.436. The number of thiophene rings is 1. The lowest BCUT2D eigenvalue weighted by molar-refractivity contribution is -0.0511. The first-order valence-electron chi connectivity index (χ1n) is 18.6. The SMILES string of the molecule is Nc1sc2c(c1C(=O)c1ccc(Cl)c(Cl)c1)CCN(CCCCCCCCCOc1ccc(Nc3ncnc4c3ncn4[C@@H]3O[C@H](CO)[C@@H](O)[C@H]3O)cc1)C2. The van der Waals surface area contributed by atoms with Crippen LogP contribution in [0.4, 0.5) is 16.5 Å². The number of anilines is 3. The molecule has 5 aromatic rings. The van der Waals surface area contributed by atoms with Gasteiger partial charge in [0.15, 0.2) is 29.0 Å². The average Bonchev–Trinajstić information content (AvgIpc) is 3.85. The van der Waals surface area contributed by atoms with Gasteiger partial charge in [-0.3, -0.25) is 14.3 Å². The molecular formula is C39H45Cl2N7O6S. The molecule has 292 valence electrons. The molecule has 3 aromatic heterocycles. The number of benzene rings is 2. The smallest absolute Gasteiger partial charge is 0.196 e. The summed E-state index contributed by atoms with van der Waals surface area (Å²) in [5, 5.41) is 34.7. The maximum Gasteiger partial charge on any atom is 0.196 e. The highest BCUT2D eigenvalue weighted by atomic mass is 35.5. The minimum Gasteiger partial charge on any atom is -0.494 e. The molecule has 55 heavy (non-hydrogen) atoms. The molecular weight excluding hydrogens is 765 g/mol. The summed E-state index contributed by atoms with van der Waals surface area (Å²) in [5.74, 6) is 1.17. The molecule has 0 saturated carbocycles. The van der Waals surface area contributed by atoms with Crippen LogP contribution in [0.15, 0.2) is 55.1 Å². The third kappa shape index (κ3) is 8.92. The number of hydrogen-bond acceptors (Lipinski definition) is 13. The van der Waals surface area contributed by atoms with Gasteiger partial charge in [-0.1, -0.05) is 55.3 Å². The standard InChI is InChI=1S/C39H45Cl2N7O6S/c40-27-13-8-23(18-28(27)41)33(50)31-26-14-16-47(19-30(26)55-36(31)42)15-6-4-2-1-3-5-7-17-53-25-11-9-24(10-12-25)46-37-32-38(44-21-43-37)48(22-45-32)39-35(52)34(51)29(20-49)54-39/h8-13,18,21-22,29,34-35,39,49,51-52H,1-7,14-17,19-20,42H2,(H,43,44,46)/t29-,34-,35-,39-/m1/s1. The lowest BCUT2D eigenvalue weighted by Gasteiger charge is -2.27. The number of hydrogen-bond donors (Lipinski definition) is 5. The van der Waals surface area contributed by atoms with E-state index >= 15 is 0 Å². The van der Waals surface area contributed by atoms with E-state index in [2.05, 4.69) is 25.2 Å². The first-order valence-corrected chi connectivity index (χ1v) is 20.2. The second-order valence-electron chi connectivity index (χ2n) is 14.0. The van der Waals surface area contributed by atoms with Gasteiger partial charge in [0.25, 0.3) is 0 Å². The van der Waals surface area contributed by atoms with Crippen molar-refractivity contribution in [3.05, 3.63) is 86.7 Å². The summed E-state index contributed by atoms with van der Waals surface area (Å²) in [4.78, 5) is 30.0. The van der Waals surface area contributed by atoms with Crippen LogP contribution in [0.2, 0.25) is 10.0 Å². The number of halogens is 2. The van der Waals surface area contributed by atoms with Crippen LogP contribution < -0.4 is 15.8 Å². The van der Waals surface area contributed by atoms with E-state index in [-0.39, 0.29) is 5.78 Å². The van der Waals surface area contributed by atoms with Gasteiger partial charge < -0.3 is 35.8 Å². The van der Waals surface area contributed by atoms with Crippen molar-refractivity contribution in [1.82, 2.24) is 24.4 Å². The van der Waals surface area contributed by atoms with Gasteiger partial charge in [0, 0.05) is 29.2 Å². The lowest BCUT2D eigenvalue weighted by Crippen LogP contribution is -2.33. The Morgan fingerprint density at radius 3 is 2.49 bits per heavy atom. The van der Waals surface area contributed by atoms with E-state index in [0.717, 1.165) is 62.3 Å². The Balaban J connectivity index is 0.772. The number of aliphatic hydroxyl groups excluding tert-OH is 3. The average molecular weight is 811 g/mol. The molecule has 1 fully saturated rings. The fourth-order valence-electron chi connectivity index (χ4n) is 7.22. The molecule has 0 aliphatic carbocycles. The first kappa shape index (κ1) is 39.4. The highest BCUT2D eigenvalue weighted by molar-refractivity contribution is 7.16. The van der Waals surface area contributed by atoms with E-state index in [1.807, 2.05) is 24.3 Å². The zero-order valence-electron chi connectivity index (χ0n) is 30.2. The number of fused-ring (bicyclic) bond motifs is 2. The predicted molar refractivity (Wildman–Crippen MR) is 213 cm³/mol. The zero-order valence-corrected chi connectivity index (χ0v) is 32.6. The van der Waals surface area contributed by atoms with Gasteiger partial charge in [0.2, 0.25) is 0 Å². The number of ether oxygens (including phenoxy) is 2. The van der Waals surface area contributed by atoms with Crippen molar-refractivity contribution >= 4 is 68.0 Å². The van der Waals surface area contributed by atoms with Gasteiger partial charge in [-0.05, 0) is 73.8 Å². The first-order chi connectivity index (χ1) is 26.7. The summed E-state index contributed by atoms with van der Waals surface area (Å²) in [5.41, 5.74) is 10.3. The number of aromatic nitrogens is 4. The number of nitrogens with one attached hydrogen (secondary N) is 1. The Morgan fingerprint density at radius 2 is 1.75 bits per heavy atom. The summed E-state index contributed by atoms with van der Waals surface area (Å²) in [6.07, 6.45) is 7.44. The van der Waals surface area contributed by atoms with Crippen LogP contribution >= 0.6 is 34.5 Å². The van der Waals surface area contributed by atoms with Gasteiger partial charge in [-0.25, -0.2) is 15.0 Å². The fourth-order valence-corrected chi connectivity index (χ4v) is 8.68. The van der Waals surface area contributed by atoms with E-state index in [1.54, 1.807) is 18.2 Å². The monoisotopic (exact) mass is 809 g/mol. The number of nitrogen functional groups attached to an aromatic ring is 1. The number of ketones is 1. The third-order valence-electron chi connectivity index (χ3n) is 10.2. The molecule has 0 amide bonds. The topological polar surface area (TPSA) is 181 Å². The van der Waals surface area contributed by atoms with Crippen molar-refractivity contribution in [1.29, 1.82) is 0 Å². The van der Waals surface area contributed by atoms with Gasteiger partial charge in [0.1, 0.15) is 30.4 Å². The van der Waals surface area contributed by atoms with Gasteiger partial charge in [0.05, 0.1) is 40.2 Å². The predicted octanol–water partition coefficient (Wildman–Crippen LogP) is 6.53. The number of aliphatic hydroxyl groups is 3. The molecule has 0 spiro atoms. The summed E-state index contributed by atoms with van der Waals surface area (Å²) < 4.78 is 13.2. The van der Waals surface area contributed by atoms with Gasteiger partial charge in [-0.15, -0.1) is 11.3 Å². The molecule has 4 atom stereocenters. The number of carbonyl (C=O) groups is 1. The number of unbranched alkanes of at least 4 members (excludes halogenated alkanes) is 6. The van der Waals surface area contributed by atoms with Crippen LogP contribution in [0.25, 0.3) is 11.2 Å². The lowest BCUT2D eigenvalue weighted by atomic mass is 9.96. The minimum absolute atomic E-state index is 0.0918. The second-order valence-corrected chi connectivity index (χ2v) is 15.9. The summed E-state index contributed by atoms with van der Waals surface area (Å²) in [6.45, 7) is 3.04. The van der Waals surface area contributed by atoms with Gasteiger partial charge in [-0.2, -0.15) is 0 Å². The molecule has 0 bridgehead atoms. The number of nitrogens with zero attached hydrogens (tertiary/aromatic N) is 5. The zero-order chi connectivity index (χ0) is 38.5. The molecule has 0 radical (unpaired) electrons. The quantitative estimate of drug-likeness (QED) is 0.0507. The van der Waals surface area contributed by atoms with Crippen molar-refractivity contribution in [2.24, 2.45) is 0 Å². The molecule has 6 N–H and O–H groups in total. The van der Waals surface area contributed by atoms with Crippen LogP contribution in [0.3, 0.4) is 0 Å². The molecule has 1 saturated heterocycles. The van der Waals surface area contributed by atoms with E-state index < -0.39 is 31.1 Å². The van der Waals surface area contributed by atoms with E-state index in [4.69, 9.17) is 38.4 Å². The summed E-state index contributed by atoms with van der Waals surface area (Å²) in [7, 11) is 0. The molecule has 13 nitrogen and oxygen atoms in total. The minimum atomic E-state index is -1.24. The van der Waals surface area contributed by atoms with Crippen LogP contribution in [0.1, 0.15) is 77.5 Å². The number of imidazole rings is 1. The number of rotatable bonds is 17. The Bertz CT molecular complexity index is 2100. The molecule has 16 heteroatoms. The summed E-state index contributed by atoms with van der Waals surface area (Å²) in [6, 6.07) is 12.6. The number of carbonyl (C=O) groups excluding carboxylic acids is 1. The highest BCUT2D eigenvalue weighted by Crippen LogP contribution is 2.38.